The van der Waals surface area contributed by atoms with Crippen molar-refractivity contribution in [2.75, 3.05) is 0 Å². The summed E-state index contributed by atoms with van der Waals surface area (Å²) in [5, 5.41) is 3.62. The molecule has 1 amide bonds. The number of imidazole rings is 1. The fraction of sp³-hybridized carbons (Fsp3) is 0.231. The third kappa shape index (κ3) is 5.17. The molecular weight excluding hydrogens is 425 g/mol. The molecule has 2 atom stereocenters. The summed E-state index contributed by atoms with van der Waals surface area (Å²) in [6.07, 6.45) is 5.25. The molecule has 0 saturated heterocycles. The van der Waals surface area contributed by atoms with Gasteiger partial charge in [-0.05, 0) is 49.1 Å². The average molecular weight is 450 g/mol. The van der Waals surface area contributed by atoms with Crippen LogP contribution in [0, 0.1) is 5.82 Å². The number of halogens is 2. The monoisotopic (exact) mass is 449 g/mol. The number of aromatic nitrogens is 2. The number of carbonyl (C=O) groups excluding carboxylic acids is 1. The zero-order valence-corrected chi connectivity index (χ0v) is 18.6. The average Bonchev–Trinajstić information content (AvgIpc) is 3.20. The van der Waals surface area contributed by atoms with Crippen molar-refractivity contribution in [3.05, 3.63) is 107 Å². The van der Waals surface area contributed by atoms with E-state index in [2.05, 4.69) is 22.4 Å². The van der Waals surface area contributed by atoms with Crippen LogP contribution in [0.2, 0.25) is 5.02 Å². The maximum atomic E-state index is 14.7. The van der Waals surface area contributed by atoms with Gasteiger partial charge in [-0.3, -0.25) is 4.79 Å². The molecule has 0 aliphatic heterocycles. The summed E-state index contributed by atoms with van der Waals surface area (Å²) in [6, 6.07) is 20.3. The zero-order chi connectivity index (χ0) is 22.5. The van der Waals surface area contributed by atoms with Crippen molar-refractivity contribution in [3.8, 4) is 0 Å². The molecule has 32 heavy (non-hydrogen) atoms. The van der Waals surface area contributed by atoms with Crippen molar-refractivity contribution >= 4 is 23.2 Å². The second-order valence-electron chi connectivity index (χ2n) is 8.03. The third-order valence-corrected chi connectivity index (χ3v) is 5.87. The summed E-state index contributed by atoms with van der Waals surface area (Å²) in [5.41, 5.74) is 3.11. The van der Waals surface area contributed by atoms with Crippen LogP contribution in [0.5, 0.6) is 0 Å². The van der Waals surface area contributed by atoms with Gasteiger partial charge in [0, 0.05) is 30.8 Å². The van der Waals surface area contributed by atoms with Gasteiger partial charge < -0.3 is 9.72 Å². The highest BCUT2D eigenvalue weighted by Gasteiger charge is 2.25. The quantitative estimate of drug-likeness (QED) is 0.370. The van der Waals surface area contributed by atoms with E-state index in [0.29, 0.717) is 16.2 Å². The van der Waals surface area contributed by atoms with Crippen LogP contribution < -0.4 is 5.32 Å². The molecule has 6 heteroatoms. The largest absolute Gasteiger partial charge is 0.354 e. The first kappa shape index (κ1) is 22.0. The summed E-state index contributed by atoms with van der Waals surface area (Å²) in [7, 11) is 0. The molecule has 2 unspecified atom stereocenters. The number of fused-ring (bicyclic) bond motifs is 1. The van der Waals surface area contributed by atoms with Gasteiger partial charge in [-0.15, -0.1) is 0 Å². The Kier molecular flexibility index (Phi) is 6.86. The van der Waals surface area contributed by atoms with Gasteiger partial charge in [0.15, 0.2) is 0 Å². The molecule has 0 bridgehead atoms. The number of benzene rings is 2. The van der Waals surface area contributed by atoms with Crippen molar-refractivity contribution in [3.63, 3.8) is 0 Å². The van der Waals surface area contributed by atoms with E-state index in [-0.39, 0.29) is 24.2 Å². The van der Waals surface area contributed by atoms with Gasteiger partial charge in [0.25, 0.3) is 0 Å². The van der Waals surface area contributed by atoms with Gasteiger partial charge in [0.1, 0.15) is 11.5 Å². The van der Waals surface area contributed by atoms with Gasteiger partial charge in [-0.1, -0.05) is 60.1 Å². The van der Waals surface area contributed by atoms with Crippen LogP contribution in [-0.4, -0.2) is 21.3 Å². The number of hydrogen-bond donors (Lipinski definition) is 1. The van der Waals surface area contributed by atoms with Gasteiger partial charge in [0.05, 0.1) is 10.7 Å². The second kappa shape index (κ2) is 9.96. The Hall–Kier alpha value is -3.18. The minimum Gasteiger partial charge on any atom is -0.354 e. The summed E-state index contributed by atoms with van der Waals surface area (Å²) in [5.74, 6) is -0.971. The van der Waals surface area contributed by atoms with E-state index in [1.807, 2.05) is 29.5 Å². The Balaban J connectivity index is 1.53. The number of hydrogen-bond acceptors (Lipinski definition) is 2. The summed E-state index contributed by atoms with van der Waals surface area (Å²) >= 11 is 6.19. The first-order chi connectivity index (χ1) is 15.5. The molecule has 0 radical (unpaired) electrons. The molecule has 0 aliphatic carbocycles. The highest BCUT2D eigenvalue weighted by Crippen LogP contribution is 2.31. The molecule has 0 aliphatic rings. The molecule has 0 spiro atoms. The number of aryl methyl sites for hydroxylation is 1. The minimum atomic E-state index is -0.494. The standard InChI is InChI=1S/C26H25ClFN3O/c1-18(11-12-19-7-3-2-4-8-19)30-26(32)15-22(21-9-5-6-10-23(21)28)24-16-29-25-14-13-20(27)17-31(24)25/h2-10,13-14,16-18,22H,11-12,15H2,1H3,(H,30,32). The number of pyridine rings is 1. The van der Waals surface area contributed by atoms with E-state index < -0.39 is 5.92 Å². The lowest BCUT2D eigenvalue weighted by atomic mass is 9.91. The normalized spacial score (nSPS) is 13.1. The smallest absolute Gasteiger partial charge is 0.221 e. The predicted molar refractivity (Wildman–Crippen MR) is 125 cm³/mol. The van der Waals surface area contributed by atoms with E-state index in [0.717, 1.165) is 18.5 Å². The van der Waals surface area contributed by atoms with Crippen molar-refractivity contribution in [2.45, 2.75) is 38.1 Å². The first-order valence-corrected chi connectivity index (χ1v) is 11.1. The molecule has 4 nitrogen and oxygen atoms in total. The topological polar surface area (TPSA) is 46.4 Å². The lowest BCUT2D eigenvalue weighted by Gasteiger charge is -2.20. The van der Waals surface area contributed by atoms with E-state index >= 15 is 0 Å². The SMILES string of the molecule is CC(CCc1ccccc1)NC(=O)CC(c1ccccc1F)c1cnc2ccc(Cl)cn12. The van der Waals surface area contributed by atoms with Crippen LogP contribution >= 0.6 is 11.6 Å². The van der Waals surface area contributed by atoms with Crippen molar-refractivity contribution in [2.24, 2.45) is 0 Å². The molecule has 2 aromatic heterocycles. The van der Waals surface area contributed by atoms with Crippen LogP contribution in [-0.2, 0) is 11.2 Å². The lowest BCUT2D eigenvalue weighted by molar-refractivity contribution is -0.121. The highest BCUT2D eigenvalue weighted by atomic mass is 35.5. The van der Waals surface area contributed by atoms with Gasteiger partial charge in [-0.2, -0.15) is 0 Å². The fourth-order valence-corrected chi connectivity index (χ4v) is 4.14. The fourth-order valence-electron chi connectivity index (χ4n) is 3.98. The van der Waals surface area contributed by atoms with Crippen LogP contribution in [0.25, 0.3) is 5.65 Å². The van der Waals surface area contributed by atoms with E-state index in [1.54, 1.807) is 42.7 Å². The van der Waals surface area contributed by atoms with Crippen LogP contribution in [0.1, 0.15) is 42.5 Å². The Morgan fingerprint density at radius 2 is 1.84 bits per heavy atom. The number of nitrogens with zero attached hydrogens (tertiary/aromatic N) is 2. The molecule has 164 valence electrons. The lowest BCUT2D eigenvalue weighted by Crippen LogP contribution is -2.34. The third-order valence-electron chi connectivity index (χ3n) is 5.64. The Morgan fingerprint density at radius 3 is 2.62 bits per heavy atom. The van der Waals surface area contributed by atoms with Crippen molar-refractivity contribution in [1.82, 2.24) is 14.7 Å². The number of nitrogens with one attached hydrogen (secondary N) is 1. The number of carbonyl (C=O) groups is 1. The summed E-state index contributed by atoms with van der Waals surface area (Å²) in [4.78, 5) is 17.4. The van der Waals surface area contributed by atoms with Crippen molar-refractivity contribution < 1.29 is 9.18 Å². The molecule has 4 aromatic rings. The summed E-state index contributed by atoms with van der Waals surface area (Å²) in [6.45, 7) is 1.99. The molecule has 2 heterocycles. The molecule has 1 N–H and O–H groups in total. The van der Waals surface area contributed by atoms with E-state index in [1.165, 1.54) is 11.6 Å². The molecule has 0 saturated carbocycles. The van der Waals surface area contributed by atoms with Crippen LogP contribution in [0.15, 0.2) is 79.1 Å². The Morgan fingerprint density at radius 1 is 1.09 bits per heavy atom. The van der Waals surface area contributed by atoms with E-state index in [9.17, 15) is 9.18 Å². The first-order valence-electron chi connectivity index (χ1n) is 10.7. The maximum absolute atomic E-state index is 14.7. The summed E-state index contributed by atoms with van der Waals surface area (Å²) < 4.78 is 16.6. The Labute approximate surface area is 192 Å². The van der Waals surface area contributed by atoms with Gasteiger partial charge >= 0.3 is 0 Å². The van der Waals surface area contributed by atoms with Crippen LogP contribution in [0.3, 0.4) is 0 Å². The van der Waals surface area contributed by atoms with Crippen molar-refractivity contribution in [1.29, 1.82) is 0 Å². The highest BCUT2D eigenvalue weighted by molar-refractivity contribution is 6.30. The minimum absolute atomic E-state index is 0.000560. The molecule has 4 rings (SSSR count). The molecule has 0 fully saturated rings. The predicted octanol–water partition coefficient (Wildman–Crippen LogP) is 5.79. The number of rotatable bonds is 8. The molecular formula is C26H25ClFN3O. The van der Waals surface area contributed by atoms with Gasteiger partial charge in [0.2, 0.25) is 5.91 Å². The Bertz CT molecular complexity index is 1210. The van der Waals surface area contributed by atoms with Gasteiger partial charge in [-0.25, -0.2) is 9.37 Å². The zero-order valence-electron chi connectivity index (χ0n) is 17.8. The number of amides is 1. The van der Waals surface area contributed by atoms with E-state index in [4.69, 9.17) is 11.6 Å². The maximum Gasteiger partial charge on any atom is 0.221 e. The molecule has 2 aromatic carbocycles. The van der Waals surface area contributed by atoms with Crippen LogP contribution in [0.4, 0.5) is 4.39 Å². The second-order valence-corrected chi connectivity index (χ2v) is 8.47.